The maximum atomic E-state index is 11.4. The van der Waals surface area contributed by atoms with E-state index in [-0.39, 0.29) is 12.3 Å². The molecule has 0 bridgehead atoms. The van der Waals surface area contributed by atoms with Crippen LogP contribution in [0.3, 0.4) is 0 Å². The molecule has 1 aliphatic carbocycles. The Morgan fingerprint density at radius 3 is 2.84 bits per heavy atom. The van der Waals surface area contributed by atoms with Gasteiger partial charge in [-0.15, -0.1) is 0 Å². The molecule has 5 nitrogen and oxygen atoms in total. The van der Waals surface area contributed by atoms with Crippen molar-refractivity contribution in [2.45, 2.75) is 31.7 Å². The van der Waals surface area contributed by atoms with Crippen molar-refractivity contribution in [1.29, 1.82) is 0 Å². The molecule has 2 N–H and O–H groups in total. The van der Waals surface area contributed by atoms with E-state index in [0.29, 0.717) is 30.4 Å². The molecule has 2 rings (SSSR count). The van der Waals surface area contributed by atoms with Crippen LogP contribution in [0.5, 0.6) is 5.75 Å². The largest absolute Gasteiger partial charge is 0.493 e. The van der Waals surface area contributed by atoms with E-state index in [1.165, 1.54) is 0 Å². The van der Waals surface area contributed by atoms with Crippen LogP contribution in [-0.2, 0) is 16.0 Å². The predicted octanol–water partition coefficient (Wildman–Crippen LogP) is 1.36. The number of hydrogen-bond acceptors (Lipinski definition) is 3. The Kier molecular flexibility index (Phi) is 4.39. The second kappa shape index (κ2) is 6.22. The molecule has 0 heterocycles. The van der Waals surface area contributed by atoms with Gasteiger partial charge in [0.25, 0.3) is 0 Å². The van der Waals surface area contributed by atoms with Gasteiger partial charge in [-0.25, -0.2) is 0 Å². The van der Waals surface area contributed by atoms with Crippen molar-refractivity contribution in [2.24, 2.45) is 0 Å². The maximum Gasteiger partial charge on any atom is 0.307 e. The molecule has 1 amide bonds. The Labute approximate surface area is 111 Å². The molecular formula is C14H17NO4. The minimum atomic E-state index is -0.874. The fourth-order valence-electron chi connectivity index (χ4n) is 1.71. The fraction of sp³-hybridized carbons (Fsp3) is 0.429. The van der Waals surface area contributed by atoms with Gasteiger partial charge < -0.3 is 15.2 Å². The van der Waals surface area contributed by atoms with E-state index in [0.717, 1.165) is 12.8 Å². The first-order valence-corrected chi connectivity index (χ1v) is 6.36. The predicted molar refractivity (Wildman–Crippen MR) is 69.1 cm³/mol. The third-order valence-corrected chi connectivity index (χ3v) is 2.79. The maximum absolute atomic E-state index is 11.4. The van der Waals surface area contributed by atoms with Gasteiger partial charge in [-0.05, 0) is 30.5 Å². The van der Waals surface area contributed by atoms with Crippen LogP contribution in [0.4, 0.5) is 0 Å². The summed E-state index contributed by atoms with van der Waals surface area (Å²) in [7, 11) is 0. The number of ether oxygens (including phenoxy) is 1. The number of carbonyl (C=O) groups is 2. The van der Waals surface area contributed by atoms with Crippen molar-refractivity contribution >= 4 is 11.9 Å². The van der Waals surface area contributed by atoms with Crippen LogP contribution in [0.15, 0.2) is 24.3 Å². The van der Waals surface area contributed by atoms with Gasteiger partial charge in [0.1, 0.15) is 5.75 Å². The summed E-state index contributed by atoms with van der Waals surface area (Å²) < 4.78 is 5.45. The van der Waals surface area contributed by atoms with Crippen LogP contribution in [0.1, 0.15) is 24.8 Å². The molecule has 1 aromatic rings. The Morgan fingerprint density at radius 1 is 1.37 bits per heavy atom. The Morgan fingerprint density at radius 2 is 2.16 bits per heavy atom. The normalized spacial score (nSPS) is 13.9. The molecule has 1 aliphatic rings. The lowest BCUT2D eigenvalue weighted by atomic mass is 10.1. The number of nitrogens with one attached hydrogen (secondary N) is 1. The van der Waals surface area contributed by atoms with Crippen LogP contribution >= 0.6 is 0 Å². The molecule has 19 heavy (non-hydrogen) atoms. The van der Waals surface area contributed by atoms with Crippen LogP contribution < -0.4 is 10.1 Å². The highest BCUT2D eigenvalue weighted by Gasteiger charge is 2.22. The lowest BCUT2D eigenvalue weighted by Crippen LogP contribution is -2.26. The molecule has 1 saturated carbocycles. The summed E-state index contributed by atoms with van der Waals surface area (Å²) in [5.74, 6) is -0.275. The zero-order valence-corrected chi connectivity index (χ0v) is 10.6. The summed E-state index contributed by atoms with van der Waals surface area (Å²) in [6.45, 7) is 0.301. The molecule has 0 unspecified atom stereocenters. The first kappa shape index (κ1) is 13.4. The molecule has 1 fully saturated rings. The SMILES string of the molecule is O=C(O)Cc1cccc(OCCC(=O)NC2CC2)c1. The van der Waals surface area contributed by atoms with Crippen molar-refractivity contribution in [1.82, 2.24) is 5.32 Å². The zero-order chi connectivity index (χ0) is 13.7. The number of aliphatic carboxylic acids is 1. The van der Waals surface area contributed by atoms with E-state index < -0.39 is 5.97 Å². The highest BCUT2D eigenvalue weighted by atomic mass is 16.5. The highest BCUT2D eigenvalue weighted by Crippen LogP contribution is 2.18. The van der Waals surface area contributed by atoms with Crippen LogP contribution in [0.25, 0.3) is 0 Å². The lowest BCUT2D eigenvalue weighted by molar-refractivity contribution is -0.136. The first-order chi connectivity index (χ1) is 9.13. The van der Waals surface area contributed by atoms with Crippen molar-refractivity contribution in [3.05, 3.63) is 29.8 Å². The fourth-order valence-corrected chi connectivity index (χ4v) is 1.71. The molecule has 0 atom stereocenters. The zero-order valence-electron chi connectivity index (χ0n) is 10.6. The molecule has 0 radical (unpaired) electrons. The monoisotopic (exact) mass is 263 g/mol. The van der Waals surface area contributed by atoms with Crippen molar-refractivity contribution in [3.8, 4) is 5.75 Å². The van der Waals surface area contributed by atoms with E-state index in [1.54, 1.807) is 24.3 Å². The van der Waals surface area contributed by atoms with Gasteiger partial charge in [-0.3, -0.25) is 9.59 Å². The van der Waals surface area contributed by atoms with E-state index in [1.807, 2.05) is 0 Å². The minimum Gasteiger partial charge on any atom is -0.493 e. The Bertz CT molecular complexity index is 468. The molecule has 5 heteroatoms. The van der Waals surface area contributed by atoms with Gasteiger partial charge in [0, 0.05) is 6.04 Å². The summed E-state index contributed by atoms with van der Waals surface area (Å²) in [5, 5.41) is 11.6. The van der Waals surface area contributed by atoms with Gasteiger partial charge in [0.15, 0.2) is 0 Å². The second-order valence-corrected chi connectivity index (χ2v) is 4.66. The van der Waals surface area contributed by atoms with Gasteiger partial charge in [0.05, 0.1) is 19.4 Å². The van der Waals surface area contributed by atoms with Gasteiger partial charge in [-0.2, -0.15) is 0 Å². The standard InChI is InChI=1S/C14H17NO4/c16-13(15-11-4-5-11)6-7-19-12-3-1-2-10(8-12)9-14(17)18/h1-3,8,11H,4-7,9H2,(H,15,16)(H,17,18). The molecular weight excluding hydrogens is 246 g/mol. The number of carboxylic acid groups (broad SMARTS) is 1. The number of hydrogen-bond donors (Lipinski definition) is 2. The molecule has 0 saturated heterocycles. The smallest absolute Gasteiger partial charge is 0.307 e. The van der Waals surface area contributed by atoms with Gasteiger partial charge in [0.2, 0.25) is 5.91 Å². The summed E-state index contributed by atoms with van der Waals surface area (Å²) in [4.78, 5) is 22.0. The molecule has 0 aliphatic heterocycles. The minimum absolute atomic E-state index is 0.00388. The third-order valence-electron chi connectivity index (χ3n) is 2.79. The van der Waals surface area contributed by atoms with E-state index in [9.17, 15) is 9.59 Å². The number of carbonyl (C=O) groups excluding carboxylic acids is 1. The van der Waals surface area contributed by atoms with E-state index >= 15 is 0 Å². The third kappa shape index (κ3) is 4.99. The summed E-state index contributed by atoms with van der Waals surface area (Å²) in [6, 6.07) is 7.29. The van der Waals surface area contributed by atoms with Crippen LogP contribution in [-0.4, -0.2) is 29.6 Å². The number of carboxylic acids is 1. The lowest BCUT2D eigenvalue weighted by Gasteiger charge is -2.07. The Balaban J connectivity index is 1.75. The van der Waals surface area contributed by atoms with Gasteiger partial charge in [-0.1, -0.05) is 12.1 Å². The molecule has 0 spiro atoms. The van der Waals surface area contributed by atoms with Crippen molar-refractivity contribution in [3.63, 3.8) is 0 Å². The Hall–Kier alpha value is -2.04. The molecule has 0 aromatic heterocycles. The average Bonchev–Trinajstić information content (AvgIpc) is 3.12. The van der Waals surface area contributed by atoms with Crippen molar-refractivity contribution in [2.75, 3.05) is 6.61 Å². The summed E-state index contributed by atoms with van der Waals surface area (Å²) in [6.07, 6.45) is 2.44. The summed E-state index contributed by atoms with van der Waals surface area (Å²) in [5.41, 5.74) is 0.687. The number of amides is 1. The van der Waals surface area contributed by atoms with E-state index in [4.69, 9.17) is 9.84 Å². The van der Waals surface area contributed by atoms with Gasteiger partial charge >= 0.3 is 5.97 Å². The molecule has 102 valence electrons. The second-order valence-electron chi connectivity index (χ2n) is 4.66. The van der Waals surface area contributed by atoms with E-state index in [2.05, 4.69) is 5.32 Å². The number of benzene rings is 1. The highest BCUT2D eigenvalue weighted by molar-refractivity contribution is 5.76. The van der Waals surface area contributed by atoms with Crippen LogP contribution in [0, 0.1) is 0 Å². The summed E-state index contributed by atoms with van der Waals surface area (Å²) >= 11 is 0. The molecule has 1 aromatic carbocycles. The van der Waals surface area contributed by atoms with Crippen LogP contribution in [0.2, 0.25) is 0 Å². The number of rotatable bonds is 7. The topological polar surface area (TPSA) is 75.6 Å². The first-order valence-electron chi connectivity index (χ1n) is 6.36. The average molecular weight is 263 g/mol. The van der Waals surface area contributed by atoms with Crippen molar-refractivity contribution < 1.29 is 19.4 Å². The quantitative estimate of drug-likeness (QED) is 0.779.